The Bertz CT molecular complexity index is 411. The first-order valence-electron chi connectivity index (χ1n) is 5.83. The number of thioether (sulfide) groups is 1. The fourth-order valence-electron chi connectivity index (χ4n) is 1.95. The molecule has 3 N–H and O–H groups in total. The van der Waals surface area contributed by atoms with Crippen LogP contribution in [0, 0.1) is 12.3 Å². The van der Waals surface area contributed by atoms with E-state index < -0.39 is 0 Å². The molecular formula is C12H18N4S. The molecule has 5 heteroatoms. The van der Waals surface area contributed by atoms with Gasteiger partial charge < -0.3 is 10.6 Å². The monoisotopic (exact) mass is 250 g/mol. The van der Waals surface area contributed by atoms with Crippen molar-refractivity contribution in [2.24, 2.45) is 5.73 Å². The normalized spacial score (nSPS) is 16.6. The predicted molar refractivity (Wildman–Crippen MR) is 74.1 cm³/mol. The highest BCUT2D eigenvalue weighted by atomic mass is 32.2. The Kier molecular flexibility index (Phi) is 3.89. The number of hydrogen-bond acceptors (Lipinski definition) is 4. The molecule has 0 atom stereocenters. The van der Waals surface area contributed by atoms with Crippen LogP contribution in [0.1, 0.15) is 17.7 Å². The molecule has 17 heavy (non-hydrogen) atoms. The maximum atomic E-state index is 7.63. The highest BCUT2D eigenvalue weighted by molar-refractivity contribution is 7.99. The summed E-state index contributed by atoms with van der Waals surface area (Å²) in [6.45, 7) is 3.96. The summed E-state index contributed by atoms with van der Waals surface area (Å²) in [7, 11) is 0. The topological polar surface area (TPSA) is 66.0 Å². The van der Waals surface area contributed by atoms with E-state index in [2.05, 4.69) is 9.88 Å². The minimum absolute atomic E-state index is 0.101. The van der Waals surface area contributed by atoms with Gasteiger partial charge in [0.1, 0.15) is 11.7 Å². The lowest BCUT2D eigenvalue weighted by Crippen LogP contribution is -2.29. The highest BCUT2D eigenvalue weighted by Gasteiger charge is 2.16. The van der Waals surface area contributed by atoms with Gasteiger partial charge in [0.2, 0.25) is 0 Å². The first kappa shape index (κ1) is 12.2. The van der Waals surface area contributed by atoms with Crippen molar-refractivity contribution in [1.29, 1.82) is 5.41 Å². The summed E-state index contributed by atoms with van der Waals surface area (Å²) in [5.41, 5.74) is 7.35. The Labute approximate surface area is 106 Å². The first-order chi connectivity index (χ1) is 8.18. The molecule has 0 bridgehead atoms. The molecular weight excluding hydrogens is 232 g/mol. The summed E-state index contributed by atoms with van der Waals surface area (Å²) in [5.74, 6) is 3.30. The predicted octanol–water partition coefficient (Wildman–Crippen LogP) is 1.62. The maximum Gasteiger partial charge on any atom is 0.139 e. The number of rotatable bonds is 2. The van der Waals surface area contributed by atoms with E-state index in [0.717, 1.165) is 42.3 Å². The average Bonchev–Trinajstić information content (AvgIpc) is 2.56. The summed E-state index contributed by atoms with van der Waals surface area (Å²) >= 11 is 1.98. The molecule has 0 unspecified atom stereocenters. The van der Waals surface area contributed by atoms with E-state index >= 15 is 0 Å². The van der Waals surface area contributed by atoms with Crippen molar-refractivity contribution in [3.63, 3.8) is 0 Å². The van der Waals surface area contributed by atoms with Gasteiger partial charge in [-0.15, -0.1) is 0 Å². The van der Waals surface area contributed by atoms with E-state index in [4.69, 9.17) is 11.1 Å². The fraction of sp³-hybridized carbons (Fsp3) is 0.500. The summed E-state index contributed by atoms with van der Waals surface area (Å²) in [6.07, 6.45) is 1.16. The number of pyridine rings is 1. The van der Waals surface area contributed by atoms with Crippen LogP contribution in [0.5, 0.6) is 0 Å². The third kappa shape index (κ3) is 2.91. The average molecular weight is 250 g/mol. The Morgan fingerprint density at radius 3 is 3.00 bits per heavy atom. The minimum atomic E-state index is 0.101. The molecule has 2 rings (SSSR count). The van der Waals surface area contributed by atoms with Crippen LogP contribution >= 0.6 is 11.8 Å². The van der Waals surface area contributed by atoms with Gasteiger partial charge in [0.05, 0.1) is 5.56 Å². The lowest BCUT2D eigenvalue weighted by atomic mass is 10.2. The number of hydrogen-bond donors (Lipinski definition) is 2. The molecule has 0 aromatic carbocycles. The third-order valence-electron chi connectivity index (χ3n) is 2.83. The number of amidine groups is 1. The molecule has 0 saturated carbocycles. The van der Waals surface area contributed by atoms with Gasteiger partial charge in [-0.2, -0.15) is 11.8 Å². The molecule has 1 aliphatic rings. The van der Waals surface area contributed by atoms with E-state index in [1.807, 2.05) is 30.8 Å². The molecule has 0 radical (unpaired) electrons. The van der Waals surface area contributed by atoms with E-state index in [0.29, 0.717) is 0 Å². The van der Waals surface area contributed by atoms with Crippen molar-refractivity contribution >= 4 is 23.4 Å². The number of nitrogens with two attached hydrogens (primary N) is 1. The molecule has 0 spiro atoms. The zero-order valence-electron chi connectivity index (χ0n) is 10.1. The van der Waals surface area contributed by atoms with Gasteiger partial charge in [0.15, 0.2) is 0 Å². The molecule has 1 saturated heterocycles. The van der Waals surface area contributed by atoms with Crippen LogP contribution in [-0.4, -0.2) is 35.4 Å². The van der Waals surface area contributed by atoms with Crippen LogP contribution in [0.3, 0.4) is 0 Å². The number of aryl methyl sites for hydroxylation is 1. The number of nitrogen functional groups attached to an aromatic ring is 1. The Morgan fingerprint density at radius 1 is 1.41 bits per heavy atom. The molecule has 2 heterocycles. The lowest BCUT2D eigenvalue weighted by Gasteiger charge is -2.23. The van der Waals surface area contributed by atoms with Gasteiger partial charge in [-0.25, -0.2) is 4.98 Å². The molecule has 4 nitrogen and oxygen atoms in total. The largest absolute Gasteiger partial charge is 0.384 e. The van der Waals surface area contributed by atoms with Crippen LogP contribution in [0.4, 0.5) is 5.82 Å². The van der Waals surface area contributed by atoms with E-state index in [-0.39, 0.29) is 5.84 Å². The minimum Gasteiger partial charge on any atom is -0.384 e. The summed E-state index contributed by atoms with van der Waals surface area (Å²) in [5, 5.41) is 7.63. The van der Waals surface area contributed by atoms with Crippen LogP contribution in [0.2, 0.25) is 0 Å². The second-order valence-corrected chi connectivity index (χ2v) is 5.42. The first-order valence-corrected chi connectivity index (χ1v) is 6.98. The summed E-state index contributed by atoms with van der Waals surface area (Å²) < 4.78 is 0. The smallest absolute Gasteiger partial charge is 0.139 e. The van der Waals surface area contributed by atoms with E-state index in [1.165, 1.54) is 5.75 Å². The van der Waals surface area contributed by atoms with Gasteiger partial charge >= 0.3 is 0 Å². The standard InChI is InChI=1S/C12H18N4S/c1-9-3-4-10(11(13)14)12(15-9)16-5-2-7-17-8-6-16/h3-4H,2,5-8H2,1H3,(H3,13,14). The van der Waals surface area contributed by atoms with E-state index in [9.17, 15) is 0 Å². The van der Waals surface area contributed by atoms with Gasteiger partial charge in [0, 0.05) is 24.5 Å². The van der Waals surface area contributed by atoms with Crippen LogP contribution in [-0.2, 0) is 0 Å². The van der Waals surface area contributed by atoms with Crippen LogP contribution < -0.4 is 10.6 Å². The summed E-state index contributed by atoms with van der Waals surface area (Å²) in [6, 6.07) is 3.81. The molecule has 92 valence electrons. The number of anilines is 1. The van der Waals surface area contributed by atoms with Crippen molar-refractivity contribution in [3.05, 3.63) is 23.4 Å². The second kappa shape index (κ2) is 5.40. The summed E-state index contributed by atoms with van der Waals surface area (Å²) in [4.78, 5) is 6.81. The zero-order valence-corrected chi connectivity index (χ0v) is 10.9. The van der Waals surface area contributed by atoms with Gasteiger partial charge in [-0.05, 0) is 31.2 Å². The number of aromatic nitrogens is 1. The van der Waals surface area contributed by atoms with Crippen LogP contribution in [0.15, 0.2) is 12.1 Å². The van der Waals surface area contributed by atoms with E-state index in [1.54, 1.807) is 0 Å². The molecule has 1 aromatic rings. The molecule has 0 amide bonds. The second-order valence-electron chi connectivity index (χ2n) is 4.19. The zero-order chi connectivity index (χ0) is 12.3. The van der Waals surface area contributed by atoms with Crippen molar-refractivity contribution in [3.8, 4) is 0 Å². The quantitative estimate of drug-likeness (QED) is 0.618. The molecule has 1 aliphatic heterocycles. The van der Waals surface area contributed by atoms with Gasteiger partial charge in [-0.3, -0.25) is 5.41 Å². The van der Waals surface area contributed by atoms with Crippen molar-refractivity contribution in [1.82, 2.24) is 4.98 Å². The third-order valence-corrected chi connectivity index (χ3v) is 3.87. The molecule has 1 aromatic heterocycles. The molecule has 0 aliphatic carbocycles. The SMILES string of the molecule is Cc1ccc(C(=N)N)c(N2CCCSCC2)n1. The van der Waals surface area contributed by atoms with Gasteiger partial charge in [-0.1, -0.05) is 0 Å². The Morgan fingerprint density at radius 2 is 2.24 bits per heavy atom. The Balaban J connectivity index is 2.34. The van der Waals surface area contributed by atoms with Crippen molar-refractivity contribution in [2.45, 2.75) is 13.3 Å². The van der Waals surface area contributed by atoms with Crippen molar-refractivity contribution < 1.29 is 0 Å². The Hall–Kier alpha value is -1.23. The number of nitrogens with zero attached hydrogens (tertiary/aromatic N) is 2. The lowest BCUT2D eigenvalue weighted by molar-refractivity contribution is 0.797. The maximum absolute atomic E-state index is 7.63. The van der Waals surface area contributed by atoms with Crippen LogP contribution in [0.25, 0.3) is 0 Å². The highest BCUT2D eigenvalue weighted by Crippen LogP contribution is 2.21. The van der Waals surface area contributed by atoms with Crippen molar-refractivity contribution in [2.75, 3.05) is 29.5 Å². The molecule has 1 fully saturated rings. The van der Waals surface area contributed by atoms with Gasteiger partial charge in [0.25, 0.3) is 0 Å². The fourth-order valence-corrected chi connectivity index (χ4v) is 2.84. The number of nitrogens with one attached hydrogen (secondary N) is 1.